The van der Waals surface area contributed by atoms with E-state index >= 15 is 0 Å². The van der Waals surface area contributed by atoms with Gasteiger partial charge in [-0.3, -0.25) is 4.79 Å². The first kappa shape index (κ1) is 16.0. The van der Waals surface area contributed by atoms with Gasteiger partial charge in [0.05, 0.1) is 13.2 Å². The first-order valence-corrected chi connectivity index (χ1v) is 7.32. The molecule has 0 saturated heterocycles. The molecule has 2 N–H and O–H groups in total. The summed E-state index contributed by atoms with van der Waals surface area (Å²) in [6.45, 7) is 2.87. The van der Waals surface area contributed by atoms with E-state index in [1.165, 1.54) is 0 Å². The number of nitrogens with two attached hydrogens (primary N) is 1. The molecule has 4 heteroatoms. The number of hydrogen-bond acceptors (Lipinski definition) is 3. The van der Waals surface area contributed by atoms with E-state index in [0.29, 0.717) is 19.0 Å². The molecule has 0 unspecified atom stereocenters. The van der Waals surface area contributed by atoms with Gasteiger partial charge in [-0.25, -0.2) is 0 Å². The van der Waals surface area contributed by atoms with Crippen molar-refractivity contribution in [3.05, 3.63) is 65.7 Å². The molecule has 1 atom stereocenters. The minimum absolute atomic E-state index is 0.475. The molecule has 0 aliphatic rings. The second kappa shape index (κ2) is 8.20. The van der Waals surface area contributed by atoms with Crippen LogP contribution in [0.4, 0.5) is 0 Å². The van der Waals surface area contributed by atoms with Crippen LogP contribution in [0.25, 0.3) is 0 Å². The van der Waals surface area contributed by atoms with Crippen molar-refractivity contribution >= 4 is 5.91 Å². The number of carbonyl (C=O) groups excluding carboxylic acids is 1. The third-order valence-electron chi connectivity index (χ3n) is 3.26. The third-order valence-corrected chi connectivity index (χ3v) is 3.26. The van der Waals surface area contributed by atoms with Gasteiger partial charge in [-0.05, 0) is 36.6 Å². The zero-order valence-corrected chi connectivity index (χ0v) is 12.7. The fourth-order valence-corrected chi connectivity index (χ4v) is 1.99. The monoisotopic (exact) mass is 299 g/mol. The van der Waals surface area contributed by atoms with Crippen LogP contribution in [0.2, 0.25) is 0 Å². The predicted molar refractivity (Wildman–Crippen MR) is 85.5 cm³/mol. The van der Waals surface area contributed by atoms with Gasteiger partial charge in [-0.15, -0.1) is 0 Å². The molecule has 4 nitrogen and oxygen atoms in total. The van der Waals surface area contributed by atoms with Crippen molar-refractivity contribution in [2.24, 2.45) is 5.73 Å². The summed E-state index contributed by atoms with van der Waals surface area (Å²) in [6, 6.07) is 17.7. The quantitative estimate of drug-likeness (QED) is 0.762. The van der Waals surface area contributed by atoms with Crippen molar-refractivity contribution in [2.45, 2.75) is 26.1 Å². The topological polar surface area (TPSA) is 61.6 Å². The molecule has 0 aromatic heterocycles. The first-order valence-electron chi connectivity index (χ1n) is 7.32. The maximum atomic E-state index is 11.0. The Morgan fingerprint density at radius 3 is 2.55 bits per heavy atom. The summed E-state index contributed by atoms with van der Waals surface area (Å²) >= 11 is 0. The van der Waals surface area contributed by atoms with Gasteiger partial charge in [0.1, 0.15) is 5.75 Å². The van der Waals surface area contributed by atoms with Crippen LogP contribution in [-0.2, 0) is 22.6 Å². The first-order chi connectivity index (χ1) is 10.6. The van der Waals surface area contributed by atoms with E-state index in [4.69, 9.17) is 15.2 Å². The van der Waals surface area contributed by atoms with Crippen LogP contribution >= 0.6 is 0 Å². The lowest BCUT2D eigenvalue weighted by Crippen LogP contribution is -2.30. The second-order valence-corrected chi connectivity index (χ2v) is 5.10. The third kappa shape index (κ3) is 5.22. The SMILES string of the molecule is C[C@H](Oc1cccc(CCOCc2ccccc2)c1)C(N)=O. The zero-order chi connectivity index (χ0) is 15.8. The van der Waals surface area contributed by atoms with Crippen molar-refractivity contribution in [2.75, 3.05) is 6.61 Å². The molecular weight excluding hydrogens is 278 g/mol. The molecule has 0 fully saturated rings. The smallest absolute Gasteiger partial charge is 0.258 e. The second-order valence-electron chi connectivity index (χ2n) is 5.10. The van der Waals surface area contributed by atoms with Crippen LogP contribution in [0.3, 0.4) is 0 Å². The van der Waals surface area contributed by atoms with Crippen LogP contribution in [-0.4, -0.2) is 18.6 Å². The molecule has 0 spiro atoms. The van der Waals surface area contributed by atoms with Crippen LogP contribution in [0.1, 0.15) is 18.1 Å². The Morgan fingerprint density at radius 2 is 1.82 bits per heavy atom. The van der Waals surface area contributed by atoms with Gasteiger partial charge in [-0.2, -0.15) is 0 Å². The van der Waals surface area contributed by atoms with Crippen molar-refractivity contribution in [3.63, 3.8) is 0 Å². The summed E-state index contributed by atoms with van der Waals surface area (Å²) < 4.78 is 11.1. The van der Waals surface area contributed by atoms with Crippen LogP contribution in [0.15, 0.2) is 54.6 Å². The lowest BCUT2D eigenvalue weighted by atomic mass is 10.1. The molecule has 0 heterocycles. The summed E-state index contributed by atoms with van der Waals surface area (Å²) in [6.07, 6.45) is 0.152. The largest absolute Gasteiger partial charge is 0.481 e. The maximum Gasteiger partial charge on any atom is 0.258 e. The summed E-state index contributed by atoms with van der Waals surface area (Å²) in [7, 11) is 0. The molecular formula is C18H21NO3. The molecule has 2 aromatic carbocycles. The normalized spacial score (nSPS) is 11.9. The van der Waals surface area contributed by atoms with Gasteiger partial charge >= 0.3 is 0 Å². The maximum absolute atomic E-state index is 11.0. The van der Waals surface area contributed by atoms with E-state index in [2.05, 4.69) is 0 Å². The Balaban J connectivity index is 1.79. The van der Waals surface area contributed by atoms with E-state index in [1.54, 1.807) is 6.92 Å². The highest BCUT2D eigenvalue weighted by Gasteiger charge is 2.10. The molecule has 116 valence electrons. The van der Waals surface area contributed by atoms with Crippen molar-refractivity contribution < 1.29 is 14.3 Å². The lowest BCUT2D eigenvalue weighted by Gasteiger charge is -2.12. The fourth-order valence-electron chi connectivity index (χ4n) is 1.99. The van der Waals surface area contributed by atoms with E-state index in [-0.39, 0.29) is 0 Å². The summed E-state index contributed by atoms with van der Waals surface area (Å²) in [5, 5.41) is 0. The Kier molecular flexibility index (Phi) is 5.98. The number of amides is 1. The minimum Gasteiger partial charge on any atom is -0.481 e. The molecule has 0 radical (unpaired) electrons. The molecule has 0 aliphatic heterocycles. The highest BCUT2D eigenvalue weighted by molar-refractivity contribution is 5.78. The highest BCUT2D eigenvalue weighted by atomic mass is 16.5. The highest BCUT2D eigenvalue weighted by Crippen LogP contribution is 2.15. The summed E-state index contributed by atoms with van der Waals surface area (Å²) in [5.41, 5.74) is 7.45. The molecule has 0 bridgehead atoms. The van der Waals surface area contributed by atoms with Crippen molar-refractivity contribution in [1.29, 1.82) is 0 Å². The zero-order valence-electron chi connectivity index (χ0n) is 12.7. The van der Waals surface area contributed by atoms with Gasteiger partial charge < -0.3 is 15.2 Å². The lowest BCUT2D eigenvalue weighted by molar-refractivity contribution is -0.123. The summed E-state index contributed by atoms with van der Waals surface area (Å²) in [5.74, 6) is 0.170. The fraction of sp³-hybridized carbons (Fsp3) is 0.278. The Hall–Kier alpha value is -2.33. The average molecular weight is 299 g/mol. The van der Waals surface area contributed by atoms with E-state index in [9.17, 15) is 4.79 Å². The van der Waals surface area contributed by atoms with Gasteiger partial charge in [0.25, 0.3) is 5.91 Å². The van der Waals surface area contributed by atoms with E-state index in [0.717, 1.165) is 17.5 Å². The van der Waals surface area contributed by atoms with Gasteiger partial charge in [0.15, 0.2) is 6.10 Å². The van der Waals surface area contributed by atoms with Gasteiger partial charge in [0.2, 0.25) is 0 Å². The van der Waals surface area contributed by atoms with Crippen molar-refractivity contribution in [1.82, 2.24) is 0 Å². The molecule has 22 heavy (non-hydrogen) atoms. The number of carbonyl (C=O) groups is 1. The average Bonchev–Trinajstić information content (AvgIpc) is 2.53. The number of hydrogen-bond donors (Lipinski definition) is 1. The summed E-state index contributed by atoms with van der Waals surface area (Å²) in [4.78, 5) is 11.0. The van der Waals surface area contributed by atoms with Crippen LogP contribution < -0.4 is 10.5 Å². The molecule has 1 amide bonds. The standard InChI is InChI=1S/C18H21NO3/c1-14(18(19)20)22-17-9-5-8-15(12-17)10-11-21-13-16-6-3-2-4-7-16/h2-9,12,14H,10-11,13H2,1H3,(H2,19,20)/t14-/m0/s1. The molecule has 2 rings (SSSR count). The Morgan fingerprint density at radius 1 is 1.09 bits per heavy atom. The number of benzene rings is 2. The van der Waals surface area contributed by atoms with Crippen LogP contribution in [0, 0.1) is 0 Å². The van der Waals surface area contributed by atoms with E-state index in [1.807, 2.05) is 54.6 Å². The number of ether oxygens (including phenoxy) is 2. The molecule has 2 aromatic rings. The molecule has 0 aliphatic carbocycles. The predicted octanol–water partition coefficient (Wildman–Crippen LogP) is 2.70. The van der Waals surface area contributed by atoms with Crippen molar-refractivity contribution in [3.8, 4) is 5.75 Å². The molecule has 0 saturated carbocycles. The van der Waals surface area contributed by atoms with Gasteiger partial charge in [-0.1, -0.05) is 42.5 Å². The number of rotatable bonds is 8. The number of primary amides is 1. The van der Waals surface area contributed by atoms with Gasteiger partial charge in [0, 0.05) is 0 Å². The Labute approximate surface area is 130 Å². The minimum atomic E-state index is -0.635. The Bertz CT molecular complexity index is 598. The van der Waals surface area contributed by atoms with Crippen LogP contribution in [0.5, 0.6) is 5.75 Å². The van der Waals surface area contributed by atoms with E-state index < -0.39 is 12.0 Å².